The Morgan fingerprint density at radius 1 is 1.38 bits per heavy atom. The van der Waals surface area contributed by atoms with Gasteiger partial charge in [-0.05, 0) is 47.7 Å². The van der Waals surface area contributed by atoms with Crippen LogP contribution in [-0.4, -0.2) is 20.9 Å². The number of hydrogen-bond donors (Lipinski definition) is 2. The molecule has 0 amide bonds. The zero-order valence-corrected chi connectivity index (χ0v) is 14.2. The van der Waals surface area contributed by atoms with Crippen molar-refractivity contribution >= 4 is 57.2 Å². The van der Waals surface area contributed by atoms with E-state index in [4.69, 9.17) is 11.6 Å². The molecule has 0 aliphatic rings. The van der Waals surface area contributed by atoms with Crippen LogP contribution < -0.4 is 10.6 Å². The molecule has 2 N–H and O–H groups in total. The van der Waals surface area contributed by atoms with Crippen LogP contribution in [0.3, 0.4) is 0 Å². The molecular formula is C14H13ClIN5. The first kappa shape index (κ1) is 14.4. The molecule has 3 aromatic rings. The minimum Gasteiger partial charge on any atom is -0.369 e. The molecule has 0 bridgehead atoms. The van der Waals surface area contributed by atoms with E-state index in [1.165, 1.54) is 0 Å². The number of anilines is 3. The van der Waals surface area contributed by atoms with Crippen molar-refractivity contribution in [2.75, 3.05) is 17.2 Å². The van der Waals surface area contributed by atoms with Gasteiger partial charge in [-0.25, -0.2) is 9.97 Å². The number of rotatable bonds is 4. The summed E-state index contributed by atoms with van der Waals surface area (Å²) in [6, 6.07) is 5.83. The van der Waals surface area contributed by atoms with Crippen molar-refractivity contribution in [1.82, 2.24) is 14.4 Å². The fraction of sp³-hybridized carbons (Fsp3) is 0.143. The molecule has 0 saturated heterocycles. The maximum absolute atomic E-state index is 6.27. The van der Waals surface area contributed by atoms with Gasteiger partial charge >= 0.3 is 0 Å². The first-order chi connectivity index (χ1) is 10.2. The highest BCUT2D eigenvalue weighted by Crippen LogP contribution is 2.28. The summed E-state index contributed by atoms with van der Waals surface area (Å²) in [7, 11) is 0. The van der Waals surface area contributed by atoms with E-state index < -0.39 is 0 Å². The quantitative estimate of drug-likeness (QED) is 0.631. The maximum atomic E-state index is 6.27. The van der Waals surface area contributed by atoms with Gasteiger partial charge in [0.1, 0.15) is 5.82 Å². The Balaban J connectivity index is 2.04. The summed E-state index contributed by atoms with van der Waals surface area (Å²) in [4.78, 5) is 8.88. The van der Waals surface area contributed by atoms with Gasteiger partial charge in [-0.1, -0.05) is 11.6 Å². The van der Waals surface area contributed by atoms with E-state index in [9.17, 15) is 0 Å². The number of imidazole rings is 1. The van der Waals surface area contributed by atoms with Gasteiger partial charge in [0, 0.05) is 22.5 Å². The Morgan fingerprint density at radius 3 is 3.00 bits per heavy atom. The predicted octanol–water partition coefficient (Wildman–Crippen LogP) is 4.16. The molecule has 7 heteroatoms. The molecule has 1 aromatic carbocycles. The highest BCUT2D eigenvalue weighted by Gasteiger charge is 2.09. The molecule has 0 atom stereocenters. The second kappa shape index (κ2) is 6.07. The van der Waals surface area contributed by atoms with Gasteiger partial charge < -0.3 is 15.0 Å². The molecule has 21 heavy (non-hydrogen) atoms. The minimum atomic E-state index is 0.655. The number of benzene rings is 1. The van der Waals surface area contributed by atoms with E-state index in [0.717, 1.165) is 27.3 Å². The molecule has 0 saturated carbocycles. The summed E-state index contributed by atoms with van der Waals surface area (Å²) in [5, 5.41) is 7.12. The first-order valence-electron chi connectivity index (χ1n) is 6.47. The van der Waals surface area contributed by atoms with E-state index in [-0.39, 0.29) is 0 Å². The van der Waals surface area contributed by atoms with Crippen molar-refractivity contribution in [2.24, 2.45) is 0 Å². The number of nitrogens with zero attached hydrogens (tertiary/aromatic N) is 3. The molecule has 5 nitrogen and oxygen atoms in total. The largest absolute Gasteiger partial charge is 0.369 e. The van der Waals surface area contributed by atoms with Crippen LogP contribution in [0.25, 0.3) is 5.65 Å². The standard InChI is InChI=1S/C14H13ClIN5/c1-2-17-12-8-21-6-5-18-14(21)13(20-12)19-11-4-3-9(16)7-10(11)15/h3-8,17H,2H2,1H3,(H,19,20). The number of nitrogens with one attached hydrogen (secondary N) is 2. The third kappa shape index (κ3) is 3.06. The predicted molar refractivity (Wildman–Crippen MR) is 94.6 cm³/mol. The number of hydrogen-bond acceptors (Lipinski definition) is 4. The average Bonchev–Trinajstić information content (AvgIpc) is 2.91. The molecule has 0 spiro atoms. The third-order valence-electron chi connectivity index (χ3n) is 2.92. The van der Waals surface area contributed by atoms with E-state index in [1.807, 2.05) is 41.9 Å². The summed E-state index contributed by atoms with van der Waals surface area (Å²) in [6.45, 7) is 2.83. The van der Waals surface area contributed by atoms with Crippen LogP contribution in [-0.2, 0) is 0 Å². The molecule has 2 aromatic heterocycles. The van der Waals surface area contributed by atoms with Gasteiger partial charge in [0.15, 0.2) is 11.5 Å². The molecule has 3 rings (SSSR count). The second-order valence-electron chi connectivity index (χ2n) is 4.41. The Bertz CT molecular complexity index is 786. The van der Waals surface area contributed by atoms with Gasteiger partial charge in [0.05, 0.1) is 16.9 Å². The van der Waals surface area contributed by atoms with Gasteiger partial charge in [-0.15, -0.1) is 0 Å². The van der Waals surface area contributed by atoms with Crippen LogP contribution in [0.4, 0.5) is 17.3 Å². The lowest BCUT2D eigenvalue weighted by atomic mass is 10.3. The molecule has 108 valence electrons. The molecule has 2 heterocycles. The molecular weight excluding hydrogens is 401 g/mol. The molecule has 0 radical (unpaired) electrons. The summed E-state index contributed by atoms with van der Waals surface area (Å²) >= 11 is 8.50. The number of halogens is 2. The lowest BCUT2D eigenvalue weighted by molar-refractivity contribution is 1.09. The monoisotopic (exact) mass is 413 g/mol. The Labute approximate surface area is 140 Å². The van der Waals surface area contributed by atoms with Gasteiger partial charge in [-0.2, -0.15) is 0 Å². The van der Waals surface area contributed by atoms with Crippen LogP contribution in [0.5, 0.6) is 0 Å². The first-order valence-corrected chi connectivity index (χ1v) is 7.92. The summed E-state index contributed by atoms with van der Waals surface area (Å²) < 4.78 is 3.01. The topological polar surface area (TPSA) is 54.2 Å². The highest BCUT2D eigenvalue weighted by atomic mass is 127. The van der Waals surface area contributed by atoms with Gasteiger partial charge in [-0.3, -0.25) is 0 Å². The Morgan fingerprint density at radius 2 is 2.24 bits per heavy atom. The SMILES string of the molecule is CCNc1cn2ccnc2c(Nc2ccc(I)cc2Cl)n1. The van der Waals surface area contributed by atoms with Crippen molar-refractivity contribution in [3.8, 4) is 0 Å². The zero-order chi connectivity index (χ0) is 14.8. The lowest BCUT2D eigenvalue weighted by Gasteiger charge is -2.11. The van der Waals surface area contributed by atoms with E-state index in [0.29, 0.717) is 10.8 Å². The van der Waals surface area contributed by atoms with Crippen LogP contribution in [0.2, 0.25) is 5.02 Å². The van der Waals surface area contributed by atoms with Gasteiger partial charge in [0.2, 0.25) is 0 Å². The maximum Gasteiger partial charge on any atom is 0.180 e. The summed E-state index contributed by atoms with van der Waals surface area (Å²) in [6.07, 6.45) is 5.54. The van der Waals surface area contributed by atoms with E-state index >= 15 is 0 Å². The average molecular weight is 414 g/mol. The van der Waals surface area contributed by atoms with Gasteiger partial charge in [0.25, 0.3) is 0 Å². The van der Waals surface area contributed by atoms with Crippen molar-refractivity contribution < 1.29 is 0 Å². The summed E-state index contributed by atoms with van der Waals surface area (Å²) in [5.74, 6) is 1.45. The lowest BCUT2D eigenvalue weighted by Crippen LogP contribution is -2.05. The van der Waals surface area contributed by atoms with Crippen LogP contribution in [0, 0.1) is 3.57 Å². The zero-order valence-electron chi connectivity index (χ0n) is 11.3. The molecule has 0 fully saturated rings. The Hall–Kier alpha value is -1.54. The fourth-order valence-corrected chi connectivity index (χ4v) is 2.90. The minimum absolute atomic E-state index is 0.655. The number of aromatic nitrogens is 3. The highest BCUT2D eigenvalue weighted by molar-refractivity contribution is 14.1. The number of fused-ring (bicyclic) bond motifs is 1. The van der Waals surface area contributed by atoms with Crippen LogP contribution in [0.1, 0.15) is 6.92 Å². The summed E-state index contributed by atoms with van der Waals surface area (Å²) in [5.41, 5.74) is 1.56. The second-order valence-corrected chi connectivity index (χ2v) is 6.07. The normalized spacial score (nSPS) is 10.8. The fourth-order valence-electron chi connectivity index (χ4n) is 2.00. The van der Waals surface area contributed by atoms with E-state index in [1.54, 1.807) is 6.20 Å². The molecule has 0 aliphatic heterocycles. The van der Waals surface area contributed by atoms with Crippen molar-refractivity contribution in [1.29, 1.82) is 0 Å². The van der Waals surface area contributed by atoms with E-state index in [2.05, 4.69) is 43.2 Å². The Kier molecular flexibility index (Phi) is 4.16. The smallest absolute Gasteiger partial charge is 0.180 e. The van der Waals surface area contributed by atoms with Crippen molar-refractivity contribution in [3.63, 3.8) is 0 Å². The van der Waals surface area contributed by atoms with Crippen molar-refractivity contribution in [2.45, 2.75) is 6.92 Å². The molecule has 0 aliphatic carbocycles. The van der Waals surface area contributed by atoms with Crippen molar-refractivity contribution in [3.05, 3.63) is 45.4 Å². The third-order valence-corrected chi connectivity index (χ3v) is 3.90. The van der Waals surface area contributed by atoms with Crippen LogP contribution in [0.15, 0.2) is 36.8 Å². The van der Waals surface area contributed by atoms with Crippen LogP contribution >= 0.6 is 34.2 Å². The molecule has 0 unspecified atom stereocenters.